The van der Waals surface area contributed by atoms with Crippen molar-refractivity contribution >= 4 is 23.6 Å². The number of nitrogens with one attached hydrogen (secondary N) is 3. The lowest BCUT2D eigenvalue weighted by molar-refractivity contribution is -0.128. The highest BCUT2D eigenvalue weighted by molar-refractivity contribution is 5.98. The van der Waals surface area contributed by atoms with Crippen LogP contribution >= 0.6 is 0 Å². The predicted octanol–water partition coefficient (Wildman–Crippen LogP) is 2.31. The van der Waals surface area contributed by atoms with Crippen molar-refractivity contribution in [2.24, 2.45) is 5.92 Å². The van der Waals surface area contributed by atoms with Crippen LogP contribution in [0.3, 0.4) is 0 Å². The second-order valence-electron chi connectivity index (χ2n) is 8.05. The maximum atomic E-state index is 13.7. The van der Waals surface area contributed by atoms with E-state index in [9.17, 15) is 18.8 Å². The third-order valence-electron chi connectivity index (χ3n) is 3.86. The van der Waals surface area contributed by atoms with Crippen molar-refractivity contribution < 1.29 is 28.6 Å². The first-order chi connectivity index (χ1) is 13.3. The number of rotatable bonds is 7. The Labute approximate surface area is 170 Å². The Kier molecular flexibility index (Phi) is 8.57. The lowest BCUT2D eigenvalue weighted by Gasteiger charge is -2.26. The third-order valence-corrected chi connectivity index (χ3v) is 3.86. The van der Waals surface area contributed by atoms with Gasteiger partial charge in [-0.1, -0.05) is 19.9 Å². The van der Waals surface area contributed by atoms with Crippen LogP contribution < -0.4 is 16.0 Å². The van der Waals surface area contributed by atoms with Crippen LogP contribution in [0.25, 0.3) is 0 Å². The van der Waals surface area contributed by atoms with Crippen LogP contribution in [0.5, 0.6) is 0 Å². The van der Waals surface area contributed by atoms with Gasteiger partial charge < -0.3 is 25.8 Å². The molecule has 0 fully saturated rings. The monoisotopic (exact) mass is 411 g/mol. The van der Waals surface area contributed by atoms with Crippen molar-refractivity contribution in [3.63, 3.8) is 0 Å². The number of carbonyl (C=O) groups is 3. The number of carbonyl (C=O) groups excluding carboxylic acids is 3. The normalized spacial score (nSPS) is 13.4. The van der Waals surface area contributed by atoms with Gasteiger partial charge in [0.1, 0.15) is 23.5 Å². The second kappa shape index (κ2) is 10.2. The fourth-order valence-electron chi connectivity index (χ4n) is 2.34. The van der Waals surface area contributed by atoms with E-state index in [1.165, 1.54) is 19.1 Å². The van der Waals surface area contributed by atoms with Gasteiger partial charge in [-0.3, -0.25) is 9.59 Å². The van der Waals surface area contributed by atoms with E-state index < -0.39 is 48.0 Å². The highest BCUT2D eigenvalue weighted by atomic mass is 19.1. The van der Waals surface area contributed by atoms with Crippen LogP contribution in [-0.4, -0.2) is 40.7 Å². The van der Waals surface area contributed by atoms with Crippen LogP contribution in [-0.2, 0) is 20.9 Å². The zero-order chi connectivity index (χ0) is 22.4. The molecule has 0 aromatic heterocycles. The van der Waals surface area contributed by atoms with Gasteiger partial charge in [-0.05, 0) is 45.7 Å². The van der Waals surface area contributed by atoms with Crippen LogP contribution in [0.1, 0.15) is 47.1 Å². The predicted molar refractivity (Wildman–Crippen MR) is 107 cm³/mol. The Morgan fingerprint density at radius 2 is 1.72 bits per heavy atom. The fourth-order valence-corrected chi connectivity index (χ4v) is 2.34. The van der Waals surface area contributed by atoms with Crippen LogP contribution in [0.15, 0.2) is 18.2 Å². The summed E-state index contributed by atoms with van der Waals surface area (Å²) in [5, 5.41) is 16.5. The molecule has 1 rings (SSSR count). The smallest absolute Gasteiger partial charge is 0.408 e. The summed E-state index contributed by atoms with van der Waals surface area (Å²) in [7, 11) is 0. The topological polar surface area (TPSA) is 117 Å². The molecule has 2 atom stereocenters. The molecule has 0 aliphatic heterocycles. The van der Waals surface area contributed by atoms with E-state index in [-0.39, 0.29) is 17.2 Å². The molecule has 29 heavy (non-hydrogen) atoms. The Morgan fingerprint density at radius 1 is 1.10 bits per heavy atom. The quantitative estimate of drug-likeness (QED) is 0.549. The molecule has 0 unspecified atom stereocenters. The minimum absolute atomic E-state index is 0.109. The minimum atomic E-state index is -0.940. The molecule has 0 aliphatic carbocycles. The number of hydrogen-bond acceptors (Lipinski definition) is 5. The summed E-state index contributed by atoms with van der Waals surface area (Å²) in [6, 6.07) is 2.04. The van der Waals surface area contributed by atoms with Crippen molar-refractivity contribution in [2.45, 2.75) is 65.8 Å². The molecular weight excluding hydrogens is 381 g/mol. The SMILES string of the molecule is CC(C)[C@H](NC(=O)OC(C)(C)C)C(=O)N[C@@H](C)C(=O)Nc1ccc(CO)c(F)c1. The maximum Gasteiger partial charge on any atom is 0.408 e. The molecule has 4 N–H and O–H groups in total. The highest BCUT2D eigenvalue weighted by Gasteiger charge is 2.29. The molecule has 0 bridgehead atoms. The van der Waals surface area contributed by atoms with Gasteiger partial charge in [0, 0.05) is 11.3 Å². The number of halogens is 1. The van der Waals surface area contributed by atoms with E-state index in [0.29, 0.717) is 0 Å². The highest BCUT2D eigenvalue weighted by Crippen LogP contribution is 2.15. The average molecular weight is 411 g/mol. The van der Waals surface area contributed by atoms with E-state index in [1.807, 2.05) is 0 Å². The summed E-state index contributed by atoms with van der Waals surface area (Å²) in [6.45, 7) is 9.64. The number of aliphatic hydroxyl groups excluding tert-OH is 1. The fraction of sp³-hybridized carbons (Fsp3) is 0.550. The van der Waals surface area contributed by atoms with E-state index >= 15 is 0 Å². The van der Waals surface area contributed by atoms with Crippen molar-refractivity contribution in [3.05, 3.63) is 29.6 Å². The van der Waals surface area contributed by atoms with E-state index in [1.54, 1.807) is 34.6 Å². The molecule has 0 spiro atoms. The third kappa shape index (κ3) is 8.06. The number of anilines is 1. The summed E-state index contributed by atoms with van der Waals surface area (Å²) in [4.78, 5) is 36.8. The van der Waals surface area contributed by atoms with E-state index in [4.69, 9.17) is 9.84 Å². The summed E-state index contributed by atoms with van der Waals surface area (Å²) < 4.78 is 18.9. The standard InChI is InChI=1S/C20H30FN3O5/c1-11(2)16(24-19(28)29-20(4,5)6)18(27)22-12(3)17(26)23-14-8-7-13(10-25)15(21)9-14/h7-9,11-12,16,25H,10H2,1-6H3,(H,22,27)(H,23,26)(H,24,28)/t12-,16-/m0/s1. The summed E-state index contributed by atoms with van der Waals surface area (Å²) >= 11 is 0. The number of hydrogen-bond donors (Lipinski definition) is 4. The minimum Gasteiger partial charge on any atom is -0.444 e. The number of benzene rings is 1. The first-order valence-corrected chi connectivity index (χ1v) is 9.34. The molecule has 0 saturated carbocycles. The van der Waals surface area contributed by atoms with Gasteiger partial charge in [0.2, 0.25) is 11.8 Å². The van der Waals surface area contributed by atoms with Crippen molar-refractivity contribution in [1.82, 2.24) is 10.6 Å². The Balaban J connectivity index is 2.72. The van der Waals surface area contributed by atoms with E-state index in [0.717, 1.165) is 6.07 Å². The van der Waals surface area contributed by atoms with Gasteiger partial charge in [0.15, 0.2) is 0 Å². The molecule has 0 saturated heterocycles. The summed E-state index contributed by atoms with van der Waals surface area (Å²) in [6.07, 6.45) is -0.733. The zero-order valence-electron chi connectivity index (χ0n) is 17.6. The van der Waals surface area contributed by atoms with Crippen molar-refractivity contribution in [3.8, 4) is 0 Å². The Morgan fingerprint density at radius 3 is 2.21 bits per heavy atom. The van der Waals surface area contributed by atoms with Gasteiger partial charge in [0.25, 0.3) is 0 Å². The van der Waals surface area contributed by atoms with Crippen LogP contribution in [0.4, 0.5) is 14.9 Å². The number of aliphatic hydroxyl groups is 1. The van der Waals surface area contributed by atoms with Gasteiger partial charge in [-0.15, -0.1) is 0 Å². The lowest BCUT2D eigenvalue weighted by Crippen LogP contribution is -2.54. The molecule has 3 amide bonds. The maximum absolute atomic E-state index is 13.7. The molecular formula is C20H30FN3O5. The van der Waals surface area contributed by atoms with Gasteiger partial charge in [-0.2, -0.15) is 0 Å². The van der Waals surface area contributed by atoms with Gasteiger partial charge in [0.05, 0.1) is 6.61 Å². The zero-order valence-corrected chi connectivity index (χ0v) is 17.6. The average Bonchev–Trinajstić information content (AvgIpc) is 2.57. The summed E-state index contributed by atoms with van der Waals surface area (Å²) in [5.74, 6) is -2.01. The number of alkyl carbamates (subject to hydrolysis) is 1. The van der Waals surface area contributed by atoms with Gasteiger partial charge >= 0.3 is 6.09 Å². The molecule has 0 aliphatic rings. The Hall–Kier alpha value is -2.68. The van der Waals surface area contributed by atoms with Crippen molar-refractivity contribution in [1.29, 1.82) is 0 Å². The largest absolute Gasteiger partial charge is 0.444 e. The van der Waals surface area contributed by atoms with E-state index in [2.05, 4.69) is 16.0 Å². The van der Waals surface area contributed by atoms with Crippen LogP contribution in [0.2, 0.25) is 0 Å². The first kappa shape index (κ1) is 24.4. The van der Waals surface area contributed by atoms with Gasteiger partial charge in [-0.25, -0.2) is 9.18 Å². The molecule has 1 aromatic carbocycles. The lowest BCUT2D eigenvalue weighted by atomic mass is 10.0. The molecule has 0 heterocycles. The number of ether oxygens (including phenoxy) is 1. The second-order valence-corrected chi connectivity index (χ2v) is 8.05. The number of amides is 3. The molecule has 8 nitrogen and oxygen atoms in total. The molecule has 0 radical (unpaired) electrons. The molecule has 1 aromatic rings. The molecule has 9 heteroatoms. The first-order valence-electron chi connectivity index (χ1n) is 9.34. The van der Waals surface area contributed by atoms with Crippen LogP contribution in [0, 0.1) is 11.7 Å². The summed E-state index contributed by atoms with van der Waals surface area (Å²) in [5.41, 5.74) is -0.411. The molecule has 162 valence electrons. The Bertz CT molecular complexity index is 746. The van der Waals surface area contributed by atoms with Crippen molar-refractivity contribution in [2.75, 3.05) is 5.32 Å².